The smallest absolute Gasteiger partial charge is 0.254 e. The van der Waals surface area contributed by atoms with Crippen molar-refractivity contribution >= 4 is 5.91 Å². The summed E-state index contributed by atoms with van der Waals surface area (Å²) in [5, 5.41) is 17.5. The number of aromatic nitrogens is 2. The molecule has 3 rings (SSSR count). The van der Waals surface area contributed by atoms with Crippen LogP contribution < -0.4 is 5.32 Å². The maximum absolute atomic E-state index is 12.5. The fraction of sp³-hybridized carbons (Fsp3) is 0.556. The van der Waals surface area contributed by atoms with Crippen LogP contribution in [0.3, 0.4) is 0 Å². The molecule has 6 heteroatoms. The van der Waals surface area contributed by atoms with Crippen LogP contribution in [0.25, 0.3) is 0 Å². The summed E-state index contributed by atoms with van der Waals surface area (Å²) in [4.78, 5) is 12.5. The van der Waals surface area contributed by atoms with Crippen molar-refractivity contribution < 1.29 is 14.3 Å². The molecule has 2 N–H and O–H groups in total. The highest BCUT2D eigenvalue weighted by Crippen LogP contribution is 2.30. The van der Waals surface area contributed by atoms with Gasteiger partial charge in [-0.2, -0.15) is 5.10 Å². The molecule has 1 saturated carbocycles. The lowest BCUT2D eigenvalue weighted by molar-refractivity contribution is 0.0902. The molecule has 0 spiro atoms. The van der Waals surface area contributed by atoms with E-state index in [9.17, 15) is 9.90 Å². The molecule has 0 saturated heterocycles. The van der Waals surface area contributed by atoms with Crippen LogP contribution in [0.15, 0.2) is 29.0 Å². The molecule has 2 aromatic heterocycles. The van der Waals surface area contributed by atoms with E-state index in [2.05, 4.69) is 10.4 Å². The first-order valence-corrected chi connectivity index (χ1v) is 8.62. The number of aliphatic hydroxyl groups is 1. The van der Waals surface area contributed by atoms with Gasteiger partial charge in [-0.1, -0.05) is 12.8 Å². The van der Waals surface area contributed by atoms with Gasteiger partial charge in [-0.05, 0) is 38.8 Å². The Hall–Kier alpha value is -2.08. The summed E-state index contributed by atoms with van der Waals surface area (Å²) in [5.41, 5.74) is 1.53. The molecule has 2 aromatic rings. The van der Waals surface area contributed by atoms with Crippen molar-refractivity contribution in [3.8, 4) is 0 Å². The Morgan fingerprint density at radius 2 is 2.25 bits per heavy atom. The summed E-state index contributed by atoms with van der Waals surface area (Å²) >= 11 is 0. The van der Waals surface area contributed by atoms with Gasteiger partial charge in [-0.3, -0.25) is 9.48 Å². The van der Waals surface area contributed by atoms with Gasteiger partial charge in [0.05, 0.1) is 24.1 Å². The number of nitrogens with one attached hydrogen (secondary N) is 1. The molecular weight excluding hydrogens is 306 g/mol. The largest absolute Gasteiger partial charge is 0.467 e. The van der Waals surface area contributed by atoms with Gasteiger partial charge in [0.15, 0.2) is 0 Å². The molecule has 0 bridgehead atoms. The first kappa shape index (κ1) is 16.8. The van der Waals surface area contributed by atoms with Crippen molar-refractivity contribution in [3.63, 3.8) is 0 Å². The predicted octanol–water partition coefficient (Wildman–Crippen LogP) is 3.14. The summed E-state index contributed by atoms with van der Waals surface area (Å²) in [6.07, 6.45) is 7.58. The molecule has 1 aliphatic rings. The van der Waals surface area contributed by atoms with E-state index < -0.39 is 6.10 Å². The van der Waals surface area contributed by atoms with Crippen molar-refractivity contribution in [2.75, 3.05) is 0 Å². The number of hydrogen-bond acceptors (Lipinski definition) is 4. The number of hydrogen-bond donors (Lipinski definition) is 2. The molecule has 0 radical (unpaired) electrons. The van der Waals surface area contributed by atoms with Crippen LogP contribution in [0, 0.1) is 6.92 Å². The van der Waals surface area contributed by atoms with Crippen molar-refractivity contribution in [2.45, 2.75) is 64.1 Å². The number of furan rings is 1. The lowest BCUT2D eigenvalue weighted by atomic mass is 10.1. The number of nitrogens with zero attached hydrogens (tertiary/aromatic N) is 2. The molecule has 6 nitrogen and oxygen atoms in total. The molecule has 2 atom stereocenters. The third-order valence-electron chi connectivity index (χ3n) is 4.79. The minimum absolute atomic E-state index is 0.143. The molecule has 1 aliphatic carbocycles. The van der Waals surface area contributed by atoms with Crippen molar-refractivity contribution in [1.82, 2.24) is 15.1 Å². The van der Waals surface area contributed by atoms with Gasteiger partial charge in [-0.15, -0.1) is 0 Å². The van der Waals surface area contributed by atoms with E-state index in [-0.39, 0.29) is 11.9 Å². The summed E-state index contributed by atoms with van der Waals surface area (Å²) in [6, 6.07) is 3.72. The Morgan fingerprint density at radius 1 is 1.50 bits per heavy atom. The number of amides is 1. The lowest BCUT2D eigenvalue weighted by Gasteiger charge is -2.17. The van der Waals surface area contributed by atoms with Crippen LogP contribution >= 0.6 is 0 Å². The summed E-state index contributed by atoms with van der Waals surface area (Å²) in [5.74, 6) is 0.372. The van der Waals surface area contributed by atoms with Crippen LogP contribution in [0.2, 0.25) is 0 Å². The van der Waals surface area contributed by atoms with Crippen molar-refractivity contribution in [1.29, 1.82) is 0 Å². The molecule has 1 fully saturated rings. The van der Waals surface area contributed by atoms with E-state index in [4.69, 9.17) is 4.42 Å². The molecule has 24 heavy (non-hydrogen) atoms. The molecule has 2 heterocycles. The maximum Gasteiger partial charge on any atom is 0.254 e. The minimum Gasteiger partial charge on any atom is -0.467 e. The van der Waals surface area contributed by atoms with Crippen molar-refractivity contribution in [3.05, 3.63) is 41.6 Å². The summed E-state index contributed by atoms with van der Waals surface area (Å²) < 4.78 is 7.18. The number of carbonyl (C=O) groups is 1. The summed E-state index contributed by atoms with van der Waals surface area (Å²) in [6.45, 7) is 3.82. The molecule has 1 amide bonds. The van der Waals surface area contributed by atoms with Crippen LogP contribution in [-0.4, -0.2) is 26.8 Å². The van der Waals surface area contributed by atoms with Gasteiger partial charge in [0.1, 0.15) is 11.9 Å². The predicted molar refractivity (Wildman–Crippen MR) is 89.7 cm³/mol. The maximum atomic E-state index is 12.5. The van der Waals surface area contributed by atoms with Gasteiger partial charge < -0.3 is 14.8 Å². The Morgan fingerprint density at radius 3 is 2.92 bits per heavy atom. The zero-order valence-corrected chi connectivity index (χ0v) is 14.2. The Bertz CT molecular complexity index is 672. The zero-order chi connectivity index (χ0) is 17.1. The lowest BCUT2D eigenvalue weighted by Crippen LogP contribution is -2.34. The Kier molecular flexibility index (Phi) is 5.04. The van der Waals surface area contributed by atoms with Crippen LogP contribution in [0.4, 0.5) is 0 Å². The minimum atomic E-state index is -0.724. The number of aliphatic hydroxyl groups excluding tert-OH is 1. The second-order valence-electron chi connectivity index (χ2n) is 6.67. The second-order valence-corrected chi connectivity index (χ2v) is 6.67. The van der Waals surface area contributed by atoms with Gasteiger partial charge in [0.25, 0.3) is 5.91 Å². The Labute approximate surface area is 141 Å². The van der Waals surface area contributed by atoms with E-state index in [1.54, 1.807) is 18.3 Å². The molecule has 0 aromatic carbocycles. The van der Waals surface area contributed by atoms with Crippen LogP contribution in [0.1, 0.15) is 73.0 Å². The van der Waals surface area contributed by atoms with Gasteiger partial charge in [0, 0.05) is 18.2 Å². The second kappa shape index (κ2) is 7.21. The quantitative estimate of drug-likeness (QED) is 0.852. The highest BCUT2D eigenvalue weighted by atomic mass is 16.4. The van der Waals surface area contributed by atoms with Gasteiger partial charge in [0.2, 0.25) is 0 Å². The van der Waals surface area contributed by atoms with E-state index in [0.29, 0.717) is 23.8 Å². The molecule has 130 valence electrons. The zero-order valence-electron chi connectivity index (χ0n) is 14.2. The molecule has 2 unspecified atom stereocenters. The first-order chi connectivity index (χ1) is 11.6. The number of carbonyl (C=O) groups excluding carboxylic acids is 1. The third-order valence-corrected chi connectivity index (χ3v) is 4.79. The van der Waals surface area contributed by atoms with Crippen molar-refractivity contribution in [2.24, 2.45) is 0 Å². The SMILES string of the molecule is Cc1c(C(=O)NC(C)CC(O)c2ccco2)cnn1C1CCCC1. The number of rotatable bonds is 6. The fourth-order valence-corrected chi connectivity index (χ4v) is 3.46. The van der Waals surface area contributed by atoms with E-state index in [1.165, 1.54) is 19.1 Å². The normalized spacial score (nSPS) is 17.8. The fourth-order valence-electron chi connectivity index (χ4n) is 3.46. The highest BCUT2D eigenvalue weighted by molar-refractivity contribution is 5.95. The molecule has 0 aliphatic heterocycles. The average molecular weight is 331 g/mol. The third kappa shape index (κ3) is 3.53. The van der Waals surface area contributed by atoms with Crippen LogP contribution in [-0.2, 0) is 0 Å². The molecular formula is C18H25N3O3. The summed E-state index contributed by atoms with van der Waals surface area (Å²) in [7, 11) is 0. The monoisotopic (exact) mass is 331 g/mol. The van der Waals surface area contributed by atoms with Crippen LogP contribution in [0.5, 0.6) is 0 Å². The average Bonchev–Trinajstić information content (AvgIpc) is 3.28. The van der Waals surface area contributed by atoms with Gasteiger partial charge >= 0.3 is 0 Å². The van der Waals surface area contributed by atoms with E-state index in [0.717, 1.165) is 18.5 Å². The highest BCUT2D eigenvalue weighted by Gasteiger charge is 2.23. The van der Waals surface area contributed by atoms with E-state index >= 15 is 0 Å². The first-order valence-electron chi connectivity index (χ1n) is 8.62. The Balaban J connectivity index is 1.60. The topological polar surface area (TPSA) is 80.3 Å². The van der Waals surface area contributed by atoms with E-state index in [1.807, 2.05) is 18.5 Å². The van der Waals surface area contributed by atoms with Gasteiger partial charge in [-0.25, -0.2) is 0 Å². The standard InChI is InChI=1S/C18H25N3O3/c1-12(10-16(22)17-8-5-9-24-17)20-18(23)15-11-19-21(13(15)2)14-6-3-4-7-14/h5,8-9,11-12,14,16,22H,3-4,6-7,10H2,1-2H3,(H,20,23).